The number of hydrogen-bond donors (Lipinski definition) is 3. The summed E-state index contributed by atoms with van der Waals surface area (Å²) in [4.78, 5) is 12.1. The predicted octanol–water partition coefficient (Wildman–Crippen LogP) is 1.14. The van der Waals surface area contributed by atoms with E-state index in [4.69, 9.17) is 0 Å². The van der Waals surface area contributed by atoms with Gasteiger partial charge in [0.2, 0.25) is 5.91 Å². The summed E-state index contributed by atoms with van der Waals surface area (Å²) in [6.45, 7) is 5.72. The third-order valence-electron chi connectivity index (χ3n) is 3.26. The van der Waals surface area contributed by atoms with Crippen LogP contribution in [0, 0.1) is 0 Å². The highest BCUT2D eigenvalue weighted by atomic mass is 16.2. The van der Waals surface area contributed by atoms with Gasteiger partial charge in [0.15, 0.2) is 0 Å². The highest BCUT2D eigenvalue weighted by molar-refractivity contribution is 5.95. The average molecular weight is 247 g/mol. The van der Waals surface area contributed by atoms with Crippen molar-refractivity contribution >= 4 is 11.6 Å². The van der Waals surface area contributed by atoms with E-state index >= 15 is 0 Å². The molecule has 2 rings (SSSR count). The van der Waals surface area contributed by atoms with Gasteiger partial charge in [0.25, 0.3) is 0 Å². The van der Waals surface area contributed by atoms with Crippen molar-refractivity contribution in [1.82, 2.24) is 10.6 Å². The van der Waals surface area contributed by atoms with Crippen LogP contribution >= 0.6 is 0 Å². The lowest BCUT2D eigenvalue weighted by atomic mass is 10.1. The Morgan fingerprint density at radius 3 is 2.89 bits per heavy atom. The fraction of sp³-hybridized carbons (Fsp3) is 0.500. The van der Waals surface area contributed by atoms with Crippen molar-refractivity contribution in [3.63, 3.8) is 0 Å². The molecule has 98 valence electrons. The van der Waals surface area contributed by atoms with Crippen molar-refractivity contribution in [2.24, 2.45) is 0 Å². The minimum absolute atomic E-state index is 0.0302. The average Bonchev–Trinajstić information content (AvgIpc) is 2.39. The van der Waals surface area contributed by atoms with Gasteiger partial charge in [0.05, 0.1) is 6.04 Å². The Kier molecular flexibility index (Phi) is 4.33. The molecule has 0 saturated carbocycles. The number of amides is 1. The topological polar surface area (TPSA) is 53.2 Å². The van der Waals surface area contributed by atoms with Crippen molar-refractivity contribution in [2.45, 2.75) is 32.4 Å². The monoisotopic (exact) mass is 247 g/mol. The summed E-state index contributed by atoms with van der Waals surface area (Å²) >= 11 is 0. The number of carbonyl (C=O) groups is 1. The molecular formula is C14H21N3O. The molecule has 1 heterocycles. The van der Waals surface area contributed by atoms with Gasteiger partial charge in [-0.1, -0.05) is 19.1 Å². The Bertz CT molecular complexity index is 411. The lowest BCUT2D eigenvalue weighted by molar-refractivity contribution is -0.118. The van der Waals surface area contributed by atoms with E-state index in [1.54, 1.807) is 0 Å². The number of carbonyl (C=O) groups excluding carboxylic acids is 1. The maximum atomic E-state index is 12.1. The van der Waals surface area contributed by atoms with Crippen LogP contribution in [0.15, 0.2) is 24.3 Å². The lowest BCUT2D eigenvalue weighted by Crippen LogP contribution is -2.57. The van der Waals surface area contributed by atoms with Crippen LogP contribution in [-0.2, 0) is 11.2 Å². The fourth-order valence-corrected chi connectivity index (χ4v) is 2.07. The van der Waals surface area contributed by atoms with Crippen molar-refractivity contribution in [1.29, 1.82) is 0 Å². The first-order valence-electron chi connectivity index (χ1n) is 6.55. The predicted molar refractivity (Wildman–Crippen MR) is 73.7 cm³/mol. The maximum absolute atomic E-state index is 12.1. The SMILES string of the molecule is CCc1cccc(NC(=O)C2CNC(C)CN2)c1. The highest BCUT2D eigenvalue weighted by Crippen LogP contribution is 2.11. The van der Waals surface area contributed by atoms with Crippen LogP contribution in [0.4, 0.5) is 5.69 Å². The minimum Gasteiger partial charge on any atom is -0.325 e. The van der Waals surface area contributed by atoms with Crippen LogP contribution in [0.2, 0.25) is 0 Å². The Balaban J connectivity index is 1.94. The van der Waals surface area contributed by atoms with E-state index in [2.05, 4.69) is 35.9 Å². The fourth-order valence-electron chi connectivity index (χ4n) is 2.07. The Morgan fingerprint density at radius 2 is 2.22 bits per heavy atom. The number of aryl methyl sites for hydroxylation is 1. The van der Waals surface area contributed by atoms with Gasteiger partial charge in [-0.15, -0.1) is 0 Å². The van der Waals surface area contributed by atoms with Crippen molar-refractivity contribution in [2.75, 3.05) is 18.4 Å². The number of anilines is 1. The summed E-state index contributed by atoms with van der Waals surface area (Å²) in [6, 6.07) is 8.28. The molecule has 1 aliphatic heterocycles. The summed E-state index contributed by atoms with van der Waals surface area (Å²) < 4.78 is 0. The molecule has 2 atom stereocenters. The van der Waals surface area contributed by atoms with Crippen molar-refractivity contribution in [3.05, 3.63) is 29.8 Å². The first-order chi connectivity index (χ1) is 8.69. The second kappa shape index (κ2) is 5.98. The molecule has 4 nitrogen and oxygen atoms in total. The molecule has 1 amide bonds. The quantitative estimate of drug-likeness (QED) is 0.750. The second-order valence-corrected chi connectivity index (χ2v) is 4.81. The normalized spacial score (nSPS) is 23.7. The first-order valence-corrected chi connectivity index (χ1v) is 6.55. The Hall–Kier alpha value is -1.39. The third-order valence-corrected chi connectivity index (χ3v) is 3.26. The van der Waals surface area contributed by atoms with Gasteiger partial charge in [0.1, 0.15) is 0 Å². The highest BCUT2D eigenvalue weighted by Gasteiger charge is 2.23. The van der Waals surface area contributed by atoms with Crippen molar-refractivity contribution < 1.29 is 4.79 Å². The number of rotatable bonds is 3. The van der Waals surface area contributed by atoms with Gasteiger partial charge in [-0.05, 0) is 31.0 Å². The Labute approximate surface area is 108 Å². The largest absolute Gasteiger partial charge is 0.325 e. The van der Waals surface area contributed by atoms with E-state index in [9.17, 15) is 4.79 Å². The number of benzene rings is 1. The molecule has 1 aromatic carbocycles. The van der Waals surface area contributed by atoms with Crippen LogP contribution in [-0.4, -0.2) is 31.1 Å². The molecule has 1 aliphatic rings. The van der Waals surface area contributed by atoms with Crippen LogP contribution in [0.1, 0.15) is 19.4 Å². The van der Waals surface area contributed by atoms with Gasteiger partial charge in [-0.25, -0.2) is 0 Å². The molecule has 2 unspecified atom stereocenters. The molecule has 1 saturated heterocycles. The molecule has 4 heteroatoms. The van der Waals surface area contributed by atoms with E-state index in [0.717, 1.165) is 18.7 Å². The zero-order valence-electron chi connectivity index (χ0n) is 11.0. The third kappa shape index (κ3) is 3.31. The van der Waals surface area contributed by atoms with Gasteiger partial charge in [-0.3, -0.25) is 4.79 Å². The van der Waals surface area contributed by atoms with E-state index in [-0.39, 0.29) is 11.9 Å². The second-order valence-electron chi connectivity index (χ2n) is 4.81. The van der Waals surface area contributed by atoms with E-state index in [1.807, 2.05) is 18.2 Å². The molecule has 0 bridgehead atoms. The summed E-state index contributed by atoms with van der Waals surface area (Å²) in [7, 11) is 0. The lowest BCUT2D eigenvalue weighted by Gasteiger charge is -2.28. The maximum Gasteiger partial charge on any atom is 0.242 e. The number of piperazine rings is 1. The Morgan fingerprint density at radius 1 is 1.39 bits per heavy atom. The van der Waals surface area contributed by atoms with Gasteiger partial charge in [-0.2, -0.15) is 0 Å². The van der Waals surface area contributed by atoms with Crippen LogP contribution in [0.25, 0.3) is 0 Å². The molecule has 3 N–H and O–H groups in total. The van der Waals surface area contributed by atoms with Gasteiger partial charge < -0.3 is 16.0 Å². The van der Waals surface area contributed by atoms with Crippen LogP contribution in [0.3, 0.4) is 0 Å². The molecule has 1 fully saturated rings. The zero-order chi connectivity index (χ0) is 13.0. The minimum atomic E-state index is -0.147. The van der Waals surface area contributed by atoms with Crippen LogP contribution in [0.5, 0.6) is 0 Å². The molecule has 0 aromatic heterocycles. The molecular weight excluding hydrogens is 226 g/mol. The number of nitrogens with one attached hydrogen (secondary N) is 3. The number of hydrogen-bond acceptors (Lipinski definition) is 3. The molecule has 1 aromatic rings. The molecule has 18 heavy (non-hydrogen) atoms. The molecule has 0 aliphatic carbocycles. The zero-order valence-corrected chi connectivity index (χ0v) is 11.0. The molecule has 0 radical (unpaired) electrons. The van der Waals surface area contributed by atoms with Gasteiger partial charge >= 0.3 is 0 Å². The van der Waals surface area contributed by atoms with E-state index in [0.29, 0.717) is 12.6 Å². The standard InChI is InChI=1S/C14H21N3O/c1-3-11-5-4-6-12(7-11)17-14(18)13-9-15-10(2)8-16-13/h4-7,10,13,15-16H,3,8-9H2,1-2H3,(H,17,18). The summed E-state index contributed by atoms with van der Waals surface area (Å²) in [6.07, 6.45) is 0.977. The van der Waals surface area contributed by atoms with E-state index < -0.39 is 0 Å². The summed E-state index contributed by atoms with van der Waals surface area (Å²) in [5, 5.41) is 9.50. The van der Waals surface area contributed by atoms with Crippen LogP contribution < -0.4 is 16.0 Å². The van der Waals surface area contributed by atoms with Crippen molar-refractivity contribution in [3.8, 4) is 0 Å². The van der Waals surface area contributed by atoms with E-state index in [1.165, 1.54) is 5.56 Å². The smallest absolute Gasteiger partial charge is 0.242 e. The summed E-state index contributed by atoms with van der Waals surface area (Å²) in [5.41, 5.74) is 2.11. The summed E-state index contributed by atoms with van der Waals surface area (Å²) in [5.74, 6) is 0.0302. The molecule has 0 spiro atoms. The van der Waals surface area contributed by atoms with Gasteiger partial charge in [0, 0.05) is 24.8 Å². The first kappa shape index (κ1) is 13.1.